The number of anilines is 2. The van der Waals surface area contributed by atoms with Crippen LogP contribution in [-0.2, 0) is 16.0 Å². The van der Waals surface area contributed by atoms with E-state index in [0.717, 1.165) is 69.2 Å². The molecule has 0 bridgehead atoms. The van der Waals surface area contributed by atoms with Gasteiger partial charge in [-0.15, -0.1) is 0 Å². The van der Waals surface area contributed by atoms with E-state index in [0.29, 0.717) is 0 Å². The molecule has 2 saturated carbocycles. The van der Waals surface area contributed by atoms with E-state index in [1.165, 1.54) is 24.0 Å². The summed E-state index contributed by atoms with van der Waals surface area (Å²) in [5, 5.41) is 6.24. The predicted molar refractivity (Wildman–Crippen MR) is 135 cm³/mol. The monoisotopic (exact) mass is 446 g/mol. The van der Waals surface area contributed by atoms with Crippen molar-refractivity contribution in [2.75, 3.05) is 10.6 Å². The third-order valence-corrected chi connectivity index (χ3v) is 7.84. The molecule has 0 unspecified atom stereocenters. The van der Waals surface area contributed by atoms with E-state index >= 15 is 0 Å². The number of rotatable bonds is 6. The van der Waals surface area contributed by atoms with Crippen molar-refractivity contribution in [2.24, 2.45) is 10.8 Å². The molecular weight excluding hydrogens is 408 g/mol. The van der Waals surface area contributed by atoms with E-state index in [-0.39, 0.29) is 22.6 Å². The molecule has 176 valence electrons. The molecule has 2 aromatic carbocycles. The third-order valence-electron chi connectivity index (χ3n) is 7.84. The predicted octanol–water partition coefficient (Wildman–Crippen LogP) is 7.10. The number of carbonyl (C=O) groups is 2. The molecule has 2 aliphatic rings. The molecule has 2 aliphatic carbocycles. The van der Waals surface area contributed by atoms with Crippen LogP contribution in [0.4, 0.5) is 11.4 Å². The van der Waals surface area contributed by atoms with Crippen molar-refractivity contribution in [3.05, 3.63) is 59.7 Å². The number of carbonyl (C=O) groups excluding carboxylic acids is 2. The molecule has 0 spiro atoms. The van der Waals surface area contributed by atoms with Crippen molar-refractivity contribution in [2.45, 2.75) is 84.5 Å². The fourth-order valence-corrected chi connectivity index (χ4v) is 5.33. The van der Waals surface area contributed by atoms with Gasteiger partial charge in [-0.3, -0.25) is 9.59 Å². The van der Waals surface area contributed by atoms with Gasteiger partial charge in [0.05, 0.1) is 0 Å². The Balaban J connectivity index is 1.31. The van der Waals surface area contributed by atoms with Crippen molar-refractivity contribution in [3.8, 4) is 0 Å². The molecule has 0 saturated heterocycles. The van der Waals surface area contributed by atoms with Crippen LogP contribution in [0.2, 0.25) is 0 Å². The van der Waals surface area contributed by atoms with Crippen molar-refractivity contribution >= 4 is 23.2 Å². The van der Waals surface area contributed by atoms with Crippen molar-refractivity contribution in [3.63, 3.8) is 0 Å². The van der Waals surface area contributed by atoms with E-state index in [1.807, 2.05) is 24.3 Å². The Bertz CT molecular complexity index is 871. The van der Waals surface area contributed by atoms with Crippen molar-refractivity contribution < 1.29 is 9.59 Å². The Morgan fingerprint density at radius 3 is 1.27 bits per heavy atom. The van der Waals surface area contributed by atoms with Gasteiger partial charge in [0.2, 0.25) is 11.8 Å². The van der Waals surface area contributed by atoms with Crippen LogP contribution in [0.25, 0.3) is 0 Å². The second kappa shape index (κ2) is 10.1. The summed E-state index contributed by atoms with van der Waals surface area (Å²) in [5.74, 6) is 0.296. The second-order valence-electron chi connectivity index (χ2n) is 10.7. The minimum atomic E-state index is -0.234. The van der Waals surface area contributed by atoms with Gasteiger partial charge in [0, 0.05) is 22.2 Å². The largest absolute Gasteiger partial charge is 0.326 e. The van der Waals surface area contributed by atoms with Gasteiger partial charge in [0.15, 0.2) is 0 Å². The highest BCUT2D eigenvalue weighted by Gasteiger charge is 2.35. The Hall–Kier alpha value is -2.62. The van der Waals surface area contributed by atoms with Gasteiger partial charge in [-0.25, -0.2) is 0 Å². The quantitative estimate of drug-likeness (QED) is 0.497. The highest BCUT2D eigenvalue weighted by atomic mass is 16.2. The number of amides is 2. The lowest BCUT2D eigenvalue weighted by atomic mass is 9.75. The average Bonchev–Trinajstić information content (AvgIpc) is 2.82. The summed E-state index contributed by atoms with van der Waals surface area (Å²) < 4.78 is 0. The van der Waals surface area contributed by atoms with Gasteiger partial charge < -0.3 is 10.6 Å². The highest BCUT2D eigenvalue weighted by Crippen LogP contribution is 2.37. The molecule has 2 aromatic rings. The van der Waals surface area contributed by atoms with E-state index in [2.05, 4.69) is 48.7 Å². The van der Waals surface area contributed by atoms with Crippen molar-refractivity contribution in [1.82, 2.24) is 0 Å². The summed E-state index contributed by atoms with van der Waals surface area (Å²) in [6.07, 6.45) is 11.8. The van der Waals surface area contributed by atoms with E-state index in [1.54, 1.807) is 0 Å². The molecule has 33 heavy (non-hydrogen) atoms. The second-order valence-corrected chi connectivity index (χ2v) is 10.7. The first kappa shape index (κ1) is 23.5. The van der Waals surface area contributed by atoms with Crippen LogP contribution in [0, 0.1) is 10.8 Å². The molecule has 2 N–H and O–H groups in total. The van der Waals surface area contributed by atoms with Crippen LogP contribution in [0.15, 0.2) is 48.5 Å². The topological polar surface area (TPSA) is 58.2 Å². The lowest BCUT2D eigenvalue weighted by molar-refractivity contribution is -0.127. The Labute approximate surface area is 198 Å². The zero-order chi connectivity index (χ0) is 23.3. The lowest BCUT2D eigenvalue weighted by Gasteiger charge is -2.32. The summed E-state index contributed by atoms with van der Waals surface area (Å²) in [6, 6.07) is 16.3. The number of hydrogen-bond acceptors (Lipinski definition) is 2. The zero-order valence-corrected chi connectivity index (χ0v) is 20.2. The zero-order valence-electron chi connectivity index (χ0n) is 20.2. The molecule has 0 aliphatic heterocycles. The summed E-state index contributed by atoms with van der Waals surface area (Å²) >= 11 is 0. The average molecular weight is 447 g/mol. The summed E-state index contributed by atoms with van der Waals surface area (Å²) in [6.45, 7) is 4.19. The first-order chi connectivity index (χ1) is 15.9. The fraction of sp³-hybridized carbons (Fsp3) is 0.517. The fourth-order valence-electron chi connectivity index (χ4n) is 5.33. The summed E-state index contributed by atoms with van der Waals surface area (Å²) in [5.41, 5.74) is 3.66. The van der Waals surface area contributed by atoms with Gasteiger partial charge in [-0.2, -0.15) is 0 Å². The molecule has 4 heteroatoms. The van der Waals surface area contributed by atoms with Crippen molar-refractivity contribution in [1.29, 1.82) is 0 Å². The number of benzene rings is 2. The van der Waals surface area contributed by atoms with E-state index in [4.69, 9.17) is 0 Å². The van der Waals surface area contributed by atoms with Gasteiger partial charge in [-0.05, 0) is 67.5 Å². The van der Waals surface area contributed by atoms with Crippen LogP contribution in [-0.4, -0.2) is 11.8 Å². The SMILES string of the molecule is CC1(C(=O)Nc2ccc(Cc3ccc(NC(=O)C4(C)CCCCC4)cc3)cc2)CCCCC1. The third kappa shape index (κ3) is 5.85. The summed E-state index contributed by atoms with van der Waals surface area (Å²) in [7, 11) is 0. The van der Waals surface area contributed by atoms with E-state index < -0.39 is 0 Å². The molecule has 2 amide bonds. The van der Waals surface area contributed by atoms with Crippen LogP contribution in [0.5, 0.6) is 0 Å². The van der Waals surface area contributed by atoms with Crippen LogP contribution < -0.4 is 10.6 Å². The van der Waals surface area contributed by atoms with Gasteiger partial charge in [0.1, 0.15) is 0 Å². The standard InChI is InChI=1S/C29H38N2O2/c1-28(17-5-3-6-18-28)26(32)30-24-13-9-22(10-14-24)21-23-11-15-25(16-12-23)31-27(33)29(2)19-7-4-8-20-29/h9-16H,3-8,17-21H2,1-2H3,(H,30,32)(H,31,33). The molecule has 0 atom stereocenters. The van der Waals surface area contributed by atoms with Crippen LogP contribution in [0.1, 0.15) is 89.2 Å². The number of hydrogen-bond donors (Lipinski definition) is 2. The highest BCUT2D eigenvalue weighted by molar-refractivity contribution is 5.95. The maximum Gasteiger partial charge on any atom is 0.230 e. The minimum absolute atomic E-state index is 0.148. The van der Waals surface area contributed by atoms with Gasteiger partial charge in [-0.1, -0.05) is 76.6 Å². The Kier molecular flexibility index (Phi) is 7.21. The van der Waals surface area contributed by atoms with Gasteiger partial charge >= 0.3 is 0 Å². The normalized spacial score (nSPS) is 19.5. The number of nitrogens with one attached hydrogen (secondary N) is 2. The lowest BCUT2D eigenvalue weighted by Crippen LogP contribution is -2.35. The first-order valence-corrected chi connectivity index (χ1v) is 12.7. The smallest absolute Gasteiger partial charge is 0.230 e. The Morgan fingerprint density at radius 2 is 0.939 bits per heavy atom. The molecular formula is C29H38N2O2. The molecule has 0 radical (unpaired) electrons. The molecule has 4 rings (SSSR count). The Morgan fingerprint density at radius 1 is 0.606 bits per heavy atom. The first-order valence-electron chi connectivity index (χ1n) is 12.7. The summed E-state index contributed by atoms with van der Waals surface area (Å²) in [4.78, 5) is 25.5. The molecule has 0 aromatic heterocycles. The minimum Gasteiger partial charge on any atom is -0.326 e. The van der Waals surface area contributed by atoms with Crippen LogP contribution >= 0.6 is 0 Å². The maximum absolute atomic E-state index is 12.8. The van der Waals surface area contributed by atoms with Crippen LogP contribution in [0.3, 0.4) is 0 Å². The maximum atomic E-state index is 12.8. The molecule has 0 heterocycles. The van der Waals surface area contributed by atoms with Gasteiger partial charge in [0.25, 0.3) is 0 Å². The molecule has 2 fully saturated rings. The van der Waals surface area contributed by atoms with E-state index in [9.17, 15) is 9.59 Å². The molecule has 4 nitrogen and oxygen atoms in total.